The van der Waals surface area contributed by atoms with Gasteiger partial charge in [-0.2, -0.15) is 0 Å². The second kappa shape index (κ2) is 22.4. The van der Waals surface area contributed by atoms with E-state index in [1.54, 1.807) is 41.2 Å². The molecule has 362 valence electrons. The quantitative estimate of drug-likeness (QED) is 0.124. The van der Waals surface area contributed by atoms with Crippen LogP contribution >= 0.6 is 0 Å². The van der Waals surface area contributed by atoms with Gasteiger partial charge in [-0.25, -0.2) is 18.7 Å². The first kappa shape index (κ1) is 49.0. The first-order chi connectivity index (χ1) is 35.6. The average Bonchev–Trinajstić information content (AvgIpc) is 3.42. The minimum absolute atomic E-state index is 0.0831. The maximum Gasteiger partial charge on any atom is 0.261 e. The molecule has 10 rings (SSSR count). The first-order valence-electron chi connectivity index (χ1n) is 24.0. The van der Waals surface area contributed by atoms with Crippen LogP contribution in [0.4, 0.5) is 8.78 Å². The fraction of sp³-hybridized carbons (Fsp3) is 0.111. The van der Waals surface area contributed by atoms with Gasteiger partial charge in [0.05, 0.1) is 29.9 Å². The summed E-state index contributed by atoms with van der Waals surface area (Å²) in [6.07, 6.45) is 2.10. The standard InChI is InChI=1S/C32H27FN2O2.C31H25FN2O2/c1-22-34-30(27-14-9-15-29(33)31(27)37-2)28(21-16-23-10-5-3-6-11-23)32(36)35(22)26-19-17-25(18-20-26)24-12-7-4-8-13-24;1-21-33-29(26-13-8-14-28(32)30(26)35)27(20-15-22-9-4-2-5-10-22)31(36)34(21)25-18-16-24(17-19-25)23-11-6-3-7-12-23/h3-15,17-20H,16,21H2,1-2H3;2-14,16-19,35H,15,20H2,1H3. The maximum atomic E-state index is 14.6. The molecule has 0 radical (unpaired) electrons. The lowest BCUT2D eigenvalue weighted by Gasteiger charge is -2.17. The van der Waals surface area contributed by atoms with Gasteiger partial charge in [0.2, 0.25) is 0 Å². The summed E-state index contributed by atoms with van der Waals surface area (Å²) < 4.78 is 37.4. The number of ether oxygens (including phenoxy) is 1. The molecule has 2 heterocycles. The zero-order valence-electron chi connectivity index (χ0n) is 40.7. The summed E-state index contributed by atoms with van der Waals surface area (Å²) in [5.74, 6) is -0.693. The number of aryl methyl sites for hydroxylation is 4. The van der Waals surface area contributed by atoms with Crippen molar-refractivity contribution in [1.82, 2.24) is 19.1 Å². The molecule has 8 nitrogen and oxygen atoms in total. The highest BCUT2D eigenvalue weighted by Gasteiger charge is 2.23. The van der Waals surface area contributed by atoms with E-state index in [4.69, 9.17) is 14.7 Å². The van der Waals surface area contributed by atoms with E-state index in [0.29, 0.717) is 71.1 Å². The molecule has 0 aliphatic heterocycles. The zero-order valence-corrected chi connectivity index (χ0v) is 40.7. The predicted molar refractivity (Wildman–Crippen MR) is 287 cm³/mol. The average molecular weight is 967 g/mol. The highest BCUT2D eigenvalue weighted by molar-refractivity contribution is 5.72. The van der Waals surface area contributed by atoms with Crippen LogP contribution in [-0.4, -0.2) is 31.3 Å². The summed E-state index contributed by atoms with van der Waals surface area (Å²) in [7, 11) is 1.42. The molecule has 8 aromatic carbocycles. The Kier molecular flexibility index (Phi) is 15.0. The van der Waals surface area contributed by atoms with Crippen molar-refractivity contribution in [2.45, 2.75) is 39.5 Å². The molecular formula is C63H52F2N4O4. The number of phenolic OH excluding ortho intramolecular Hbond substituents is 1. The lowest BCUT2D eigenvalue weighted by Crippen LogP contribution is -2.27. The lowest BCUT2D eigenvalue weighted by molar-refractivity contribution is 0.388. The summed E-state index contributed by atoms with van der Waals surface area (Å²) in [6, 6.07) is 64.6. The number of para-hydroxylation sites is 2. The van der Waals surface area contributed by atoms with Gasteiger partial charge in [-0.3, -0.25) is 18.7 Å². The topological polar surface area (TPSA) is 99.2 Å². The molecule has 0 saturated heterocycles. The van der Waals surface area contributed by atoms with Gasteiger partial charge in [-0.1, -0.05) is 158 Å². The Balaban J connectivity index is 0.000000180. The molecule has 0 unspecified atom stereocenters. The van der Waals surface area contributed by atoms with E-state index < -0.39 is 17.4 Å². The number of methoxy groups -OCH3 is 1. The summed E-state index contributed by atoms with van der Waals surface area (Å²) >= 11 is 0. The Morgan fingerprint density at radius 3 is 1.23 bits per heavy atom. The van der Waals surface area contributed by atoms with Gasteiger partial charge in [0.15, 0.2) is 23.1 Å². The molecule has 0 aliphatic rings. The molecule has 10 aromatic rings. The lowest BCUT2D eigenvalue weighted by atomic mass is 9.99. The Labute approximate surface area is 422 Å². The first-order valence-corrected chi connectivity index (χ1v) is 24.0. The van der Waals surface area contributed by atoms with Crippen LogP contribution in [0.25, 0.3) is 56.1 Å². The molecule has 0 fully saturated rings. The number of aromatic hydroxyl groups is 1. The van der Waals surface area contributed by atoms with E-state index in [9.17, 15) is 23.5 Å². The fourth-order valence-electron chi connectivity index (χ4n) is 9.13. The molecule has 0 atom stereocenters. The van der Waals surface area contributed by atoms with Crippen molar-refractivity contribution in [1.29, 1.82) is 0 Å². The van der Waals surface area contributed by atoms with Gasteiger partial charge in [0, 0.05) is 22.3 Å². The number of hydrogen-bond acceptors (Lipinski definition) is 6. The van der Waals surface area contributed by atoms with Gasteiger partial charge in [0.25, 0.3) is 11.1 Å². The number of halogens is 2. The van der Waals surface area contributed by atoms with Crippen LogP contribution in [0, 0.1) is 25.5 Å². The van der Waals surface area contributed by atoms with Gasteiger partial charge in [-0.05, 0) is 121 Å². The summed E-state index contributed by atoms with van der Waals surface area (Å²) in [6.45, 7) is 3.54. The zero-order chi connectivity index (χ0) is 50.8. The van der Waals surface area contributed by atoms with Crippen molar-refractivity contribution in [3.8, 4) is 67.6 Å². The minimum atomic E-state index is -0.748. The van der Waals surface area contributed by atoms with E-state index >= 15 is 0 Å². The van der Waals surface area contributed by atoms with Crippen molar-refractivity contribution in [3.05, 3.63) is 273 Å². The van der Waals surface area contributed by atoms with Crippen LogP contribution in [0.2, 0.25) is 0 Å². The van der Waals surface area contributed by atoms with Gasteiger partial charge >= 0.3 is 0 Å². The predicted octanol–water partition coefficient (Wildman–Crippen LogP) is 13.3. The normalized spacial score (nSPS) is 10.9. The molecule has 1 N–H and O–H groups in total. The molecule has 0 aliphatic carbocycles. The SMILES string of the molecule is COc1c(F)cccc1-c1nc(C)n(-c2ccc(-c3ccccc3)cc2)c(=O)c1CCc1ccccc1.Cc1nc(-c2cccc(F)c2O)c(CCc2ccccc2)c(=O)n1-c1ccc(-c2ccccc2)cc1. The molecule has 10 heteroatoms. The van der Waals surface area contributed by atoms with E-state index in [2.05, 4.69) is 12.1 Å². The van der Waals surface area contributed by atoms with Crippen LogP contribution in [-0.2, 0) is 25.7 Å². The number of aromatic nitrogens is 4. The highest BCUT2D eigenvalue weighted by Crippen LogP contribution is 2.35. The Morgan fingerprint density at radius 1 is 0.438 bits per heavy atom. The second-order valence-electron chi connectivity index (χ2n) is 17.5. The third-order valence-electron chi connectivity index (χ3n) is 12.8. The summed E-state index contributed by atoms with van der Waals surface area (Å²) in [5.41, 5.74) is 9.90. The summed E-state index contributed by atoms with van der Waals surface area (Å²) in [5, 5.41) is 10.4. The van der Waals surface area contributed by atoms with Crippen LogP contribution in [0.15, 0.2) is 216 Å². The second-order valence-corrected chi connectivity index (χ2v) is 17.5. The van der Waals surface area contributed by atoms with Crippen LogP contribution < -0.4 is 15.9 Å². The van der Waals surface area contributed by atoms with Gasteiger partial charge < -0.3 is 9.84 Å². The van der Waals surface area contributed by atoms with Crippen molar-refractivity contribution < 1.29 is 18.6 Å². The fourth-order valence-corrected chi connectivity index (χ4v) is 9.13. The van der Waals surface area contributed by atoms with Crippen LogP contribution in [0.5, 0.6) is 11.5 Å². The third-order valence-corrected chi connectivity index (χ3v) is 12.8. The Morgan fingerprint density at radius 2 is 0.808 bits per heavy atom. The molecule has 0 saturated carbocycles. The van der Waals surface area contributed by atoms with E-state index in [-0.39, 0.29) is 22.4 Å². The third kappa shape index (κ3) is 10.8. The number of rotatable bonds is 13. The molecule has 0 bridgehead atoms. The Hall–Kier alpha value is -9.02. The molecule has 73 heavy (non-hydrogen) atoms. The van der Waals surface area contributed by atoms with Crippen LogP contribution in [0.1, 0.15) is 33.9 Å². The van der Waals surface area contributed by atoms with Gasteiger partial charge in [0.1, 0.15) is 11.6 Å². The largest absolute Gasteiger partial charge is 0.504 e. The van der Waals surface area contributed by atoms with E-state index in [1.165, 1.54) is 25.3 Å². The smallest absolute Gasteiger partial charge is 0.261 e. The molecule has 2 aromatic heterocycles. The maximum absolute atomic E-state index is 14.6. The van der Waals surface area contributed by atoms with Crippen molar-refractivity contribution in [2.24, 2.45) is 0 Å². The number of nitrogens with zero attached hydrogens (tertiary/aromatic N) is 4. The monoisotopic (exact) mass is 966 g/mol. The molecule has 0 amide bonds. The molecular weight excluding hydrogens is 915 g/mol. The summed E-state index contributed by atoms with van der Waals surface area (Å²) in [4.78, 5) is 37.5. The Bertz CT molecular complexity index is 3620. The van der Waals surface area contributed by atoms with Gasteiger partial charge in [-0.15, -0.1) is 0 Å². The van der Waals surface area contributed by atoms with E-state index in [0.717, 1.165) is 39.1 Å². The van der Waals surface area contributed by atoms with Crippen molar-refractivity contribution in [2.75, 3.05) is 7.11 Å². The van der Waals surface area contributed by atoms with Crippen molar-refractivity contribution in [3.63, 3.8) is 0 Å². The minimum Gasteiger partial charge on any atom is -0.504 e. The highest BCUT2D eigenvalue weighted by atomic mass is 19.1. The van der Waals surface area contributed by atoms with E-state index in [1.807, 2.05) is 158 Å². The number of phenols is 1. The van der Waals surface area contributed by atoms with Crippen molar-refractivity contribution >= 4 is 0 Å². The van der Waals surface area contributed by atoms with Crippen LogP contribution in [0.3, 0.4) is 0 Å². The number of hydrogen-bond donors (Lipinski definition) is 1. The number of benzene rings is 8. The molecule has 0 spiro atoms.